The summed E-state index contributed by atoms with van der Waals surface area (Å²) in [5.74, 6) is 1.52. The molecule has 1 aromatic heterocycles. The summed E-state index contributed by atoms with van der Waals surface area (Å²) in [6, 6.07) is 21.4. The van der Waals surface area contributed by atoms with Crippen LogP contribution in [0.3, 0.4) is 0 Å². The van der Waals surface area contributed by atoms with Crippen molar-refractivity contribution in [2.24, 2.45) is 0 Å². The summed E-state index contributed by atoms with van der Waals surface area (Å²) in [5.41, 5.74) is 1.94. The molecule has 2 heterocycles. The zero-order chi connectivity index (χ0) is 21.9. The van der Waals surface area contributed by atoms with Gasteiger partial charge in [0.15, 0.2) is 5.82 Å². The highest BCUT2D eigenvalue weighted by molar-refractivity contribution is 5.94. The maximum atomic E-state index is 9.62. The molecule has 32 heavy (non-hydrogen) atoms. The Kier molecular flexibility index (Phi) is 5.88. The van der Waals surface area contributed by atoms with Gasteiger partial charge >= 0.3 is 0 Å². The number of fused-ring (bicyclic) bond motifs is 2. The number of hydrogen-bond donors (Lipinski definition) is 2. The Hall–Kier alpha value is -3.22. The van der Waals surface area contributed by atoms with Crippen molar-refractivity contribution in [1.82, 2.24) is 15.1 Å². The van der Waals surface area contributed by atoms with Crippen LogP contribution < -0.4 is 10.1 Å². The summed E-state index contributed by atoms with van der Waals surface area (Å²) in [7, 11) is 1.65. The van der Waals surface area contributed by atoms with E-state index in [0.29, 0.717) is 11.7 Å². The summed E-state index contributed by atoms with van der Waals surface area (Å²) in [4.78, 5) is 2.52. The molecule has 0 bridgehead atoms. The van der Waals surface area contributed by atoms with E-state index in [2.05, 4.69) is 62.9 Å². The maximum absolute atomic E-state index is 9.62. The number of benzene rings is 3. The second kappa shape index (κ2) is 9.10. The number of nitrogens with zero attached hydrogens (tertiary/aromatic N) is 3. The van der Waals surface area contributed by atoms with E-state index in [1.165, 1.54) is 16.3 Å². The number of piperidine rings is 1. The Labute approximate surface area is 187 Å². The van der Waals surface area contributed by atoms with Gasteiger partial charge in [-0.25, -0.2) is 0 Å². The van der Waals surface area contributed by atoms with Crippen LogP contribution in [0.15, 0.2) is 60.7 Å². The lowest BCUT2D eigenvalue weighted by molar-refractivity contribution is 0.211. The van der Waals surface area contributed by atoms with Crippen LogP contribution in [-0.4, -0.2) is 46.4 Å². The van der Waals surface area contributed by atoms with Crippen LogP contribution >= 0.6 is 0 Å². The first kappa shape index (κ1) is 20.7. The van der Waals surface area contributed by atoms with Crippen LogP contribution in [0.1, 0.15) is 24.1 Å². The van der Waals surface area contributed by atoms with Crippen LogP contribution in [0.2, 0.25) is 0 Å². The minimum absolute atomic E-state index is 0.136. The molecule has 1 saturated heterocycles. The number of hydrogen-bond acceptors (Lipinski definition) is 6. The minimum Gasteiger partial charge on any atom is -0.497 e. The molecule has 2 N–H and O–H groups in total. The molecule has 0 aliphatic carbocycles. The van der Waals surface area contributed by atoms with E-state index in [4.69, 9.17) is 4.74 Å². The van der Waals surface area contributed by atoms with Gasteiger partial charge in [-0.05, 0) is 53.4 Å². The third kappa shape index (κ3) is 4.24. The lowest BCUT2D eigenvalue weighted by atomic mass is 10.0. The lowest BCUT2D eigenvalue weighted by Crippen LogP contribution is -2.38. The standard InChI is InChI=1S/C26H28N4O2/c1-32-22-8-9-23-24(15-22)26(29-28-25(23)17-31)27-21-10-12-30(13-11-21)16-18-6-7-19-4-2-3-5-20(19)14-18/h2-9,14-15,21,31H,10-13,16-17H2,1H3,(H,27,29). The molecular weight excluding hydrogens is 400 g/mol. The molecule has 0 amide bonds. The van der Waals surface area contributed by atoms with E-state index in [-0.39, 0.29) is 6.61 Å². The fourth-order valence-corrected chi connectivity index (χ4v) is 4.56. The minimum atomic E-state index is -0.136. The van der Waals surface area contributed by atoms with E-state index in [0.717, 1.165) is 54.8 Å². The highest BCUT2D eigenvalue weighted by Crippen LogP contribution is 2.29. The van der Waals surface area contributed by atoms with Crippen molar-refractivity contribution >= 4 is 27.4 Å². The molecule has 6 heteroatoms. The normalized spacial score (nSPS) is 15.3. The predicted molar refractivity (Wildman–Crippen MR) is 128 cm³/mol. The molecule has 0 saturated carbocycles. The molecule has 0 unspecified atom stereocenters. The first-order valence-corrected chi connectivity index (χ1v) is 11.1. The van der Waals surface area contributed by atoms with Crippen LogP contribution in [0.5, 0.6) is 5.75 Å². The van der Waals surface area contributed by atoms with Gasteiger partial charge in [0.25, 0.3) is 0 Å². The fourth-order valence-electron chi connectivity index (χ4n) is 4.56. The monoisotopic (exact) mass is 428 g/mol. The summed E-state index contributed by atoms with van der Waals surface area (Å²) < 4.78 is 5.39. The zero-order valence-electron chi connectivity index (χ0n) is 18.3. The first-order valence-electron chi connectivity index (χ1n) is 11.1. The van der Waals surface area contributed by atoms with Gasteiger partial charge in [0.2, 0.25) is 0 Å². The largest absolute Gasteiger partial charge is 0.497 e. The van der Waals surface area contributed by atoms with Crippen molar-refractivity contribution in [2.75, 3.05) is 25.5 Å². The summed E-state index contributed by atoms with van der Waals surface area (Å²) >= 11 is 0. The molecular formula is C26H28N4O2. The molecule has 5 rings (SSSR count). The Bertz CT molecular complexity index is 1240. The molecule has 1 aliphatic rings. The van der Waals surface area contributed by atoms with Gasteiger partial charge in [-0.2, -0.15) is 5.10 Å². The van der Waals surface area contributed by atoms with Gasteiger partial charge in [-0.1, -0.05) is 36.4 Å². The Morgan fingerprint density at radius 3 is 2.56 bits per heavy atom. The smallest absolute Gasteiger partial charge is 0.156 e. The van der Waals surface area contributed by atoms with Crippen molar-refractivity contribution in [3.8, 4) is 5.75 Å². The number of likely N-dealkylation sites (tertiary alicyclic amines) is 1. The van der Waals surface area contributed by atoms with E-state index in [9.17, 15) is 5.11 Å². The fraction of sp³-hybridized carbons (Fsp3) is 0.308. The summed E-state index contributed by atoms with van der Waals surface area (Å²) in [5, 5.41) is 26.2. The number of nitrogens with one attached hydrogen (secondary N) is 1. The van der Waals surface area contributed by atoms with Gasteiger partial charge in [0, 0.05) is 36.4 Å². The Morgan fingerprint density at radius 1 is 0.969 bits per heavy atom. The van der Waals surface area contributed by atoms with E-state index < -0.39 is 0 Å². The molecule has 164 valence electrons. The van der Waals surface area contributed by atoms with Crippen LogP contribution in [0, 0.1) is 0 Å². The van der Waals surface area contributed by atoms with Gasteiger partial charge in [-0.15, -0.1) is 5.10 Å². The van der Waals surface area contributed by atoms with E-state index in [1.54, 1.807) is 7.11 Å². The van der Waals surface area contributed by atoms with Crippen molar-refractivity contribution in [3.63, 3.8) is 0 Å². The molecule has 4 aromatic rings. The highest BCUT2D eigenvalue weighted by Gasteiger charge is 2.21. The second-order valence-electron chi connectivity index (χ2n) is 8.44. The van der Waals surface area contributed by atoms with Gasteiger partial charge in [0.05, 0.1) is 19.4 Å². The topological polar surface area (TPSA) is 70.5 Å². The summed E-state index contributed by atoms with van der Waals surface area (Å²) in [6.45, 7) is 2.91. The summed E-state index contributed by atoms with van der Waals surface area (Å²) in [6.07, 6.45) is 2.09. The molecule has 0 spiro atoms. The third-order valence-electron chi connectivity index (χ3n) is 6.36. The van der Waals surface area contributed by atoms with Crippen molar-refractivity contribution in [1.29, 1.82) is 0 Å². The third-order valence-corrected chi connectivity index (χ3v) is 6.36. The maximum Gasteiger partial charge on any atom is 0.156 e. The quantitative estimate of drug-likeness (QED) is 0.476. The lowest BCUT2D eigenvalue weighted by Gasteiger charge is -2.32. The van der Waals surface area contributed by atoms with Crippen molar-refractivity contribution in [3.05, 3.63) is 71.9 Å². The molecule has 0 atom stereocenters. The van der Waals surface area contributed by atoms with E-state index in [1.807, 2.05) is 18.2 Å². The number of aliphatic hydroxyl groups excluding tert-OH is 1. The number of methoxy groups -OCH3 is 1. The van der Waals surface area contributed by atoms with Crippen LogP contribution in [-0.2, 0) is 13.2 Å². The van der Waals surface area contributed by atoms with Gasteiger partial charge in [-0.3, -0.25) is 4.90 Å². The average molecular weight is 429 g/mol. The Morgan fingerprint density at radius 2 is 1.78 bits per heavy atom. The molecule has 0 radical (unpaired) electrons. The number of aromatic nitrogens is 2. The second-order valence-corrected chi connectivity index (χ2v) is 8.44. The number of anilines is 1. The van der Waals surface area contributed by atoms with Crippen LogP contribution in [0.25, 0.3) is 21.5 Å². The average Bonchev–Trinajstić information content (AvgIpc) is 2.85. The van der Waals surface area contributed by atoms with E-state index >= 15 is 0 Å². The predicted octanol–water partition coefficient (Wildman–Crippen LogP) is 4.36. The van der Waals surface area contributed by atoms with Gasteiger partial charge < -0.3 is 15.2 Å². The van der Waals surface area contributed by atoms with Gasteiger partial charge in [0.1, 0.15) is 5.75 Å². The first-order chi connectivity index (χ1) is 15.7. The molecule has 1 aliphatic heterocycles. The molecule has 6 nitrogen and oxygen atoms in total. The van der Waals surface area contributed by atoms with Crippen molar-refractivity contribution < 1.29 is 9.84 Å². The number of rotatable bonds is 6. The number of ether oxygens (including phenoxy) is 1. The highest BCUT2D eigenvalue weighted by atomic mass is 16.5. The SMILES string of the molecule is COc1ccc2c(CO)nnc(NC3CCN(Cc4ccc5ccccc5c4)CC3)c2c1. The molecule has 3 aromatic carbocycles. The Balaban J connectivity index is 1.26. The number of aliphatic hydroxyl groups is 1. The van der Waals surface area contributed by atoms with Crippen LogP contribution in [0.4, 0.5) is 5.82 Å². The zero-order valence-corrected chi connectivity index (χ0v) is 18.3. The van der Waals surface area contributed by atoms with Crippen molar-refractivity contribution in [2.45, 2.75) is 32.0 Å². The molecule has 1 fully saturated rings.